The monoisotopic (exact) mass is 337 g/mol. The summed E-state index contributed by atoms with van der Waals surface area (Å²) in [6.07, 6.45) is 6.52. The minimum atomic E-state index is -0.570. The lowest BCUT2D eigenvalue weighted by Crippen LogP contribution is -2.56. The van der Waals surface area contributed by atoms with Crippen LogP contribution in [0.4, 0.5) is 5.69 Å². The van der Waals surface area contributed by atoms with Gasteiger partial charge in [-0.3, -0.25) is 14.5 Å². The Labute approximate surface area is 147 Å². The molecule has 0 radical (unpaired) electrons. The molecule has 4 nitrogen and oxygen atoms in total. The Balaban J connectivity index is 1.55. The van der Waals surface area contributed by atoms with Crippen LogP contribution in [0.1, 0.15) is 38.5 Å². The second kappa shape index (κ2) is 4.73. The molecule has 130 valence electrons. The maximum atomic E-state index is 13.5. The van der Waals surface area contributed by atoms with E-state index >= 15 is 0 Å². The molecular weight excluding hydrogens is 314 g/mol. The number of ketones is 1. The zero-order chi connectivity index (χ0) is 16.8. The second-order valence-electron chi connectivity index (χ2n) is 8.59. The molecule has 6 rings (SSSR count). The number of para-hydroxylation sites is 1. The van der Waals surface area contributed by atoms with Crippen LogP contribution in [-0.2, 0) is 14.3 Å². The van der Waals surface area contributed by atoms with Gasteiger partial charge in [0.15, 0.2) is 11.5 Å². The molecule has 0 aromatic heterocycles. The summed E-state index contributed by atoms with van der Waals surface area (Å²) >= 11 is 0. The number of rotatable bonds is 2. The van der Waals surface area contributed by atoms with E-state index in [4.69, 9.17) is 4.74 Å². The van der Waals surface area contributed by atoms with Crippen molar-refractivity contribution in [3.05, 3.63) is 30.3 Å². The topological polar surface area (TPSA) is 46.6 Å². The Kier molecular flexibility index (Phi) is 2.74. The largest absolute Gasteiger partial charge is 0.343 e. The van der Waals surface area contributed by atoms with Crippen LogP contribution in [0, 0.1) is 29.6 Å². The van der Waals surface area contributed by atoms with Crippen molar-refractivity contribution in [2.75, 3.05) is 4.90 Å². The minimum absolute atomic E-state index is 0.0910. The van der Waals surface area contributed by atoms with Gasteiger partial charge in [0.25, 0.3) is 0 Å². The molecule has 2 bridgehead atoms. The van der Waals surface area contributed by atoms with Crippen LogP contribution in [0.3, 0.4) is 0 Å². The summed E-state index contributed by atoms with van der Waals surface area (Å²) in [4.78, 5) is 28.2. The molecule has 0 N–H and O–H groups in total. The first kappa shape index (κ1) is 14.5. The summed E-state index contributed by atoms with van der Waals surface area (Å²) in [5.41, 5.74) is 0.375. The standard InChI is InChI=1S/C21H23NO3/c23-18-14-11-15-17-16(14)20(24)22(13-9-5-2-6-10-13)21(17,25-19(15)18)12-7-3-1-4-8-12/h2,5-6,9-10,12,14-17,19H,1,3-4,7-8,11H2. The number of nitrogens with zero attached hydrogens (tertiary/aromatic N) is 1. The number of anilines is 1. The molecule has 6 atom stereocenters. The highest BCUT2D eigenvalue weighted by Crippen LogP contribution is 2.69. The van der Waals surface area contributed by atoms with E-state index in [2.05, 4.69) is 0 Å². The van der Waals surface area contributed by atoms with Crippen LogP contribution in [0.5, 0.6) is 0 Å². The summed E-state index contributed by atoms with van der Waals surface area (Å²) in [5, 5.41) is 0. The zero-order valence-corrected chi connectivity index (χ0v) is 14.3. The normalized spacial score (nSPS) is 45.0. The summed E-state index contributed by atoms with van der Waals surface area (Å²) in [6.45, 7) is 0. The predicted molar refractivity (Wildman–Crippen MR) is 91.7 cm³/mol. The summed E-state index contributed by atoms with van der Waals surface area (Å²) in [7, 11) is 0. The molecule has 5 aliphatic rings. The van der Waals surface area contributed by atoms with E-state index in [1.165, 1.54) is 19.3 Å². The molecule has 3 saturated carbocycles. The number of ether oxygens (including phenoxy) is 1. The molecule has 4 heteroatoms. The van der Waals surface area contributed by atoms with Crippen molar-refractivity contribution in [1.82, 2.24) is 0 Å². The highest BCUT2D eigenvalue weighted by atomic mass is 16.5. The quantitative estimate of drug-likeness (QED) is 0.833. The Morgan fingerprint density at radius 2 is 1.80 bits per heavy atom. The number of Topliss-reactive ketones (excluding diaryl/α,β-unsaturated/α-hetero) is 1. The van der Waals surface area contributed by atoms with E-state index in [-0.39, 0.29) is 41.5 Å². The van der Waals surface area contributed by atoms with Crippen LogP contribution >= 0.6 is 0 Å². The van der Waals surface area contributed by atoms with Crippen molar-refractivity contribution in [3.63, 3.8) is 0 Å². The number of benzene rings is 1. The van der Waals surface area contributed by atoms with Gasteiger partial charge in [-0.25, -0.2) is 0 Å². The Bertz CT molecular complexity index is 756. The maximum absolute atomic E-state index is 13.5. The number of fused-ring (bicyclic) bond motifs is 2. The molecule has 3 aliphatic carbocycles. The average molecular weight is 337 g/mol. The van der Waals surface area contributed by atoms with Gasteiger partial charge in [-0.2, -0.15) is 0 Å². The van der Waals surface area contributed by atoms with Crippen LogP contribution in [0.15, 0.2) is 30.3 Å². The summed E-state index contributed by atoms with van der Waals surface area (Å²) in [6, 6.07) is 10.0. The third-order valence-corrected chi connectivity index (χ3v) is 7.70. The number of hydrogen-bond donors (Lipinski definition) is 0. The van der Waals surface area contributed by atoms with Crippen LogP contribution in [0.2, 0.25) is 0 Å². The number of carbonyl (C=O) groups excluding carboxylic acids is 2. The van der Waals surface area contributed by atoms with Crippen molar-refractivity contribution in [2.24, 2.45) is 29.6 Å². The first-order chi connectivity index (χ1) is 12.2. The van der Waals surface area contributed by atoms with Crippen LogP contribution < -0.4 is 4.90 Å². The fraction of sp³-hybridized carbons (Fsp3) is 0.619. The zero-order valence-electron chi connectivity index (χ0n) is 14.3. The van der Waals surface area contributed by atoms with Crippen molar-refractivity contribution < 1.29 is 14.3 Å². The smallest absolute Gasteiger partial charge is 0.233 e. The molecule has 6 unspecified atom stereocenters. The van der Waals surface area contributed by atoms with Gasteiger partial charge in [-0.1, -0.05) is 37.5 Å². The van der Waals surface area contributed by atoms with Crippen molar-refractivity contribution in [1.29, 1.82) is 0 Å². The molecule has 1 amide bonds. The Morgan fingerprint density at radius 3 is 2.56 bits per heavy atom. The number of amides is 1. The summed E-state index contributed by atoms with van der Waals surface area (Å²) in [5.74, 6) is 0.964. The van der Waals surface area contributed by atoms with Gasteiger partial charge in [0.1, 0.15) is 6.10 Å². The molecule has 2 aliphatic heterocycles. The molecule has 2 saturated heterocycles. The lowest BCUT2D eigenvalue weighted by Gasteiger charge is -2.45. The molecule has 2 heterocycles. The first-order valence-electron chi connectivity index (χ1n) is 9.84. The third kappa shape index (κ3) is 1.54. The van der Waals surface area contributed by atoms with Crippen LogP contribution in [0.25, 0.3) is 0 Å². The molecule has 1 aromatic rings. The van der Waals surface area contributed by atoms with Gasteiger partial charge in [-0.05, 0) is 31.4 Å². The minimum Gasteiger partial charge on any atom is -0.343 e. The highest BCUT2D eigenvalue weighted by molar-refractivity contribution is 6.06. The van der Waals surface area contributed by atoms with Gasteiger partial charge in [0.05, 0.1) is 5.92 Å². The van der Waals surface area contributed by atoms with Gasteiger partial charge < -0.3 is 4.74 Å². The predicted octanol–water partition coefficient (Wildman–Crippen LogP) is 3.16. The number of hydrogen-bond acceptors (Lipinski definition) is 3. The molecule has 25 heavy (non-hydrogen) atoms. The van der Waals surface area contributed by atoms with E-state index in [0.717, 1.165) is 24.9 Å². The molecule has 0 spiro atoms. The Hall–Kier alpha value is -1.68. The van der Waals surface area contributed by atoms with E-state index in [0.29, 0.717) is 5.92 Å². The van der Waals surface area contributed by atoms with E-state index < -0.39 is 5.72 Å². The maximum Gasteiger partial charge on any atom is 0.233 e. The van der Waals surface area contributed by atoms with Gasteiger partial charge in [0.2, 0.25) is 5.91 Å². The lowest BCUT2D eigenvalue weighted by molar-refractivity contribution is -0.146. The first-order valence-corrected chi connectivity index (χ1v) is 9.84. The average Bonchev–Trinajstić information content (AvgIpc) is 3.32. The van der Waals surface area contributed by atoms with Crippen LogP contribution in [-0.4, -0.2) is 23.5 Å². The number of carbonyl (C=O) groups is 2. The van der Waals surface area contributed by atoms with Gasteiger partial charge >= 0.3 is 0 Å². The fourth-order valence-corrected chi connectivity index (χ4v) is 6.94. The van der Waals surface area contributed by atoms with Crippen molar-refractivity contribution in [3.8, 4) is 0 Å². The lowest BCUT2D eigenvalue weighted by atomic mass is 9.70. The molecular formula is C21H23NO3. The highest BCUT2D eigenvalue weighted by Gasteiger charge is 2.80. The summed E-state index contributed by atoms with van der Waals surface area (Å²) < 4.78 is 6.66. The second-order valence-corrected chi connectivity index (χ2v) is 8.59. The van der Waals surface area contributed by atoms with Gasteiger partial charge in [-0.15, -0.1) is 0 Å². The van der Waals surface area contributed by atoms with E-state index in [1.807, 2.05) is 35.2 Å². The third-order valence-electron chi connectivity index (χ3n) is 7.70. The van der Waals surface area contributed by atoms with Crippen molar-refractivity contribution >= 4 is 17.4 Å². The molecule has 5 fully saturated rings. The molecule has 1 aromatic carbocycles. The van der Waals surface area contributed by atoms with E-state index in [1.54, 1.807) is 0 Å². The van der Waals surface area contributed by atoms with Crippen molar-refractivity contribution in [2.45, 2.75) is 50.4 Å². The SMILES string of the molecule is O=C1C2CC3C1OC1(C4CCCCC4)C3C2C(=O)N1c1ccccc1. The Morgan fingerprint density at radius 1 is 1.04 bits per heavy atom. The van der Waals surface area contributed by atoms with E-state index in [9.17, 15) is 9.59 Å². The van der Waals surface area contributed by atoms with Gasteiger partial charge in [0, 0.05) is 29.4 Å². The fourth-order valence-electron chi connectivity index (χ4n) is 6.94.